The molecule has 0 aliphatic heterocycles. The maximum Gasteiger partial charge on any atom is 0.289 e. The fraction of sp³-hybridized carbons (Fsp3) is 0.583. The normalized spacial score (nSPS) is 12.5. The summed E-state index contributed by atoms with van der Waals surface area (Å²) in [6.07, 6.45) is 1.58. The number of amides is 1. The lowest BCUT2D eigenvalue weighted by Crippen LogP contribution is -2.28. The molecule has 90 valence electrons. The third kappa shape index (κ3) is 3.56. The highest BCUT2D eigenvalue weighted by atomic mass is 35.5. The Morgan fingerprint density at radius 2 is 2.25 bits per heavy atom. The average Bonchev–Trinajstić information content (AvgIpc) is 2.73. The fourth-order valence-corrected chi connectivity index (χ4v) is 1.44. The van der Waals surface area contributed by atoms with E-state index in [2.05, 4.69) is 0 Å². The number of carbonyl (C=O) groups excluding carboxylic acids is 1. The Balaban J connectivity index is 2.56. The molecule has 0 N–H and O–H groups in total. The van der Waals surface area contributed by atoms with Crippen molar-refractivity contribution in [2.45, 2.75) is 32.1 Å². The van der Waals surface area contributed by atoms with Crippen LogP contribution >= 0.6 is 11.6 Å². The van der Waals surface area contributed by atoms with Crippen LogP contribution in [0.2, 0.25) is 0 Å². The Bertz CT molecular complexity index is 347. The monoisotopic (exact) mass is 243 g/mol. The van der Waals surface area contributed by atoms with Gasteiger partial charge in [-0.3, -0.25) is 4.79 Å². The van der Waals surface area contributed by atoms with E-state index >= 15 is 0 Å². The summed E-state index contributed by atoms with van der Waals surface area (Å²) in [5.74, 6) is 1.15. The van der Waals surface area contributed by atoms with Crippen molar-refractivity contribution in [1.82, 2.24) is 4.90 Å². The second-order valence-corrected chi connectivity index (χ2v) is 4.66. The van der Waals surface area contributed by atoms with Gasteiger partial charge in [0.1, 0.15) is 5.76 Å². The number of hydrogen-bond donors (Lipinski definition) is 0. The molecule has 0 fully saturated rings. The first kappa shape index (κ1) is 13.1. The van der Waals surface area contributed by atoms with Crippen molar-refractivity contribution in [2.75, 3.05) is 13.6 Å². The van der Waals surface area contributed by atoms with Crippen LogP contribution in [0.4, 0.5) is 0 Å². The Hall–Kier alpha value is -0.960. The topological polar surface area (TPSA) is 33.5 Å². The molecule has 1 amide bonds. The van der Waals surface area contributed by atoms with Crippen LogP contribution in [0.1, 0.15) is 36.6 Å². The molecule has 1 unspecified atom stereocenters. The van der Waals surface area contributed by atoms with E-state index in [0.717, 1.165) is 18.6 Å². The van der Waals surface area contributed by atoms with Gasteiger partial charge in [-0.15, -0.1) is 11.6 Å². The predicted molar refractivity (Wildman–Crippen MR) is 65.0 cm³/mol. The van der Waals surface area contributed by atoms with Crippen LogP contribution in [0, 0.1) is 0 Å². The van der Waals surface area contributed by atoms with E-state index in [-0.39, 0.29) is 11.3 Å². The van der Waals surface area contributed by atoms with Crippen LogP contribution in [-0.4, -0.2) is 29.8 Å². The van der Waals surface area contributed by atoms with Crippen molar-refractivity contribution in [3.8, 4) is 0 Å². The van der Waals surface area contributed by atoms with Gasteiger partial charge in [0.05, 0.1) is 0 Å². The van der Waals surface area contributed by atoms with Crippen LogP contribution in [0.5, 0.6) is 0 Å². The van der Waals surface area contributed by atoms with E-state index in [1.807, 2.05) is 19.9 Å². The van der Waals surface area contributed by atoms with Crippen molar-refractivity contribution in [3.63, 3.8) is 0 Å². The Kier molecular flexibility index (Phi) is 4.87. The van der Waals surface area contributed by atoms with Crippen LogP contribution in [-0.2, 0) is 6.42 Å². The molecule has 0 radical (unpaired) electrons. The molecule has 1 heterocycles. The lowest BCUT2D eigenvalue weighted by molar-refractivity contribution is 0.0760. The van der Waals surface area contributed by atoms with Gasteiger partial charge in [-0.05, 0) is 25.5 Å². The highest BCUT2D eigenvalue weighted by Crippen LogP contribution is 2.11. The van der Waals surface area contributed by atoms with Gasteiger partial charge in [-0.2, -0.15) is 0 Å². The number of aryl methyl sites for hydroxylation is 1. The predicted octanol–water partition coefficient (Wildman–Crippen LogP) is 2.93. The highest BCUT2D eigenvalue weighted by Gasteiger charge is 2.15. The van der Waals surface area contributed by atoms with Gasteiger partial charge < -0.3 is 9.32 Å². The van der Waals surface area contributed by atoms with E-state index in [4.69, 9.17) is 16.0 Å². The third-order valence-corrected chi connectivity index (χ3v) is 2.65. The minimum atomic E-state index is -0.0861. The molecule has 1 atom stereocenters. The number of furan rings is 1. The maximum atomic E-state index is 11.9. The SMILES string of the molecule is CCc1ccc(C(=O)N(C)CCC(C)Cl)o1. The molecule has 3 nitrogen and oxygen atoms in total. The Morgan fingerprint density at radius 1 is 1.56 bits per heavy atom. The third-order valence-electron chi connectivity index (χ3n) is 2.43. The van der Waals surface area contributed by atoms with Gasteiger partial charge in [0.15, 0.2) is 5.76 Å². The van der Waals surface area contributed by atoms with Crippen molar-refractivity contribution < 1.29 is 9.21 Å². The van der Waals surface area contributed by atoms with Gasteiger partial charge in [0.25, 0.3) is 5.91 Å². The van der Waals surface area contributed by atoms with Crippen LogP contribution in [0.3, 0.4) is 0 Å². The number of rotatable bonds is 5. The van der Waals surface area contributed by atoms with E-state index in [1.54, 1.807) is 18.0 Å². The largest absolute Gasteiger partial charge is 0.456 e. The second-order valence-electron chi connectivity index (χ2n) is 3.92. The molecule has 0 saturated heterocycles. The molecule has 0 aromatic carbocycles. The van der Waals surface area contributed by atoms with Gasteiger partial charge in [0.2, 0.25) is 0 Å². The van der Waals surface area contributed by atoms with Crippen LogP contribution < -0.4 is 0 Å². The molecule has 1 rings (SSSR count). The summed E-state index contributed by atoms with van der Waals surface area (Å²) in [7, 11) is 1.76. The quantitative estimate of drug-likeness (QED) is 0.745. The molecule has 0 aliphatic rings. The summed E-state index contributed by atoms with van der Waals surface area (Å²) >= 11 is 5.84. The summed E-state index contributed by atoms with van der Waals surface area (Å²) in [4.78, 5) is 13.5. The summed E-state index contributed by atoms with van der Waals surface area (Å²) in [5.41, 5.74) is 0. The molecule has 0 saturated carbocycles. The summed E-state index contributed by atoms with van der Waals surface area (Å²) < 4.78 is 5.40. The Morgan fingerprint density at radius 3 is 2.75 bits per heavy atom. The molecule has 1 aromatic rings. The van der Waals surface area contributed by atoms with Gasteiger partial charge in [0, 0.05) is 25.4 Å². The molecular weight excluding hydrogens is 226 g/mol. The van der Waals surface area contributed by atoms with E-state index < -0.39 is 0 Å². The van der Waals surface area contributed by atoms with Gasteiger partial charge in [-0.25, -0.2) is 0 Å². The zero-order valence-electron chi connectivity index (χ0n) is 10.00. The molecule has 0 spiro atoms. The zero-order chi connectivity index (χ0) is 12.1. The second kappa shape index (κ2) is 5.94. The lowest BCUT2D eigenvalue weighted by atomic mass is 10.3. The minimum Gasteiger partial charge on any atom is -0.456 e. The molecule has 1 aromatic heterocycles. The fourth-order valence-electron chi connectivity index (χ4n) is 1.34. The molecule has 16 heavy (non-hydrogen) atoms. The molecule has 4 heteroatoms. The molecule has 0 bridgehead atoms. The molecule has 0 aliphatic carbocycles. The average molecular weight is 244 g/mol. The van der Waals surface area contributed by atoms with E-state index in [0.29, 0.717) is 12.3 Å². The first-order valence-corrected chi connectivity index (χ1v) is 5.96. The maximum absolute atomic E-state index is 11.9. The standard InChI is InChI=1S/C12H18ClNO2/c1-4-10-5-6-11(16-10)12(15)14(3)8-7-9(2)13/h5-6,9H,4,7-8H2,1-3H3. The summed E-state index contributed by atoms with van der Waals surface area (Å²) in [6.45, 7) is 4.56. The van der Waals surface area contributed by atoms with Crippen molar-refractivity contribution in [3.05, 3.63) is 23.7 Å². The number of alkyl halides is 1. The van der Waals surface area contributed by atoms with Crippen LogP contribution in [0.15, 0.2) is 16.5 Å². The Labute approximate surface area is 101 Å². The number of hydrogen-bond acceptors (Lipinski definition) is 2. The summed E-state index contributed by atoms with van der Waals surface area (Å²) in [5, 5.41) is 0.0815. The van der Waals surface area contributed by atoms with Gasteiger partial charge in [-0.1, -0.05) is 6.92 Å². The van der Waals surface area contributed by atoms with Crippen LogP contribution in [0.25, 0.3) is 0 Å². The number of halogens is 1. The van der Waals surface area contributed by atoms with Crippen molar-refractivity contribution >= 4 is 17.5 Å². The van der Waals surface area contributed by atoms with Gasteiger partial charge >= 0.3 is 0 Å². The van der Waals surface area contributed by atoms with Crippen molar-refractivity contribution in [1.29, 1.82) is 0 Å². The lowest BCUT2D eigenvalue weighted by Gasteiger charge is -2.16. The van der Waals surface area contributed by atoms with E-state index in [1.165, 1.54) is 0 Å². The minimum absolute atomic E-state index is 0.0815. The number of nitrogens with zero attached hydrogens (tertiary/aromatic N) is 1. The van der Waals surface area contributed by atoms with E-state index in [9.17, 15) is 4.79 Å². The smallest absolute Gasteiger partial charge is 0.289 e. The first-order chi connectivity index (χ1) is 7.54. The number of carbonyl (C=O) groups is 1. The zero-order valence-corrected chi connectivity index (χ0v) is 10.8. The highest BCUT2D eigenvalue weighted by molar-refractivity contribution is 6.20. The molecular formula is C12H18ClNO2. The van der Waals surface area contributed by atoms with Crippen molar-refractivity contribution in [2.24, 2.45) is 0 Å². The summed E-state index contributed by atoms with van der Waals surface area (Å²) in [6, 6.07) is 3.56. The first-order valence-electron chi connectivity index (χ1n) is 5.52.